The van der Waals surface area contributed by atoms with E-state index in [0.29, 0.717) is 0 Å². The fraction of sp³-hybridized carbons (Fsp3) is 0.636. The Balaban J connectivity index is 4.18. The summed E-state index contributed by atoms with van der Waals surface area (Å²) >= 11 is 0. The first-order valence-electron chi connectivity index (χ1n) is 5.03. The highest BCUT2D eigenvalue weighted by molar-refractivity contribution is 6.84. The van der Waals surface area contributed by atoms with Crippen molar-refractivity contribution in [2.24, 2.45) is 0 Å². The van der Waals surface area contributed by atoms with Crippen molar-refractivity contribution in [1.29, 1.82) is 0 Å². The topological polar surface area (TPSA) is 0 Å². The van der Waals surface area contributed by atoms with E-state index >= 15 is 0 Å². The van der Waals surface area contributed by atoms with Crippen molar-refractivity contribution in [3.8, 4) is 0 Å². The van der Waals surface area contributed by atoms with E-state index in [1.165, 1.54) is 18.1 Å². The van der Waals surface area contributed by atoms with Crippen LogP contribution >= 0.6 is 0 Å². The Bertz CT molecular complexity index is 135. The van der Waals surface area contributed by atoms with Gasteiger partial charge >= 0.3 is 0 Å². The van der Waals surface area contributed by atoms with Gasteiger partial charge in [0.25, 0.3) is 0 Å². The van der Waals surface area contributed by atoms with Gasteiger partial charge in [-0.05, 0) is 6.42 Å². The highest BCUT2D eigenvalue weighted by atomic mass is 28.3. The second-order valence-corrected chi connectivity index (χ2v) is 8.53. The zero-order valence-corrected chi connectivity index (χ0v) is 9.77. The van der Waals surface area contributed by atoms with Crippen LogP contribution < -0.4 is 0 Å². The summed E-state index contributed by atoms with van der Waals surface area (Å²) in [5.74, 6) is 0. The molecule has 12 heavy (non-hydrogen) atoms. The van der Waals surface area contributed by atoms with Gasteiger partial charge in [0.1, 0.15) is 0 Å². The Morgan fingerprint density at radius 3 is 1.92 bits per heavy atom. The van der Waals surface area contributed by atoms with E-state index < -0.39 is 8.07 Å². The van der Waals surface area contributed by atoms with Crippen molar-refractivity contribution < 1.29 is 0 Å². The van der Waals surface area contributed by atoms with Gasteiger partial charge in [0, 0.05) is 0 Å². The standard InChI is InChI=1S/C11H22Si/c1-5-9-10-11-12(6-2,7-3)8-4/h5,10-11H,1,6-9H2,2-4H3. The molecule has 0 saturated carbocycles. The molecular formula is C11H22Si. The van der Waals surface area contributed by atoms with Crippen LogP contribution in [0.3, 0.4) is 0 Å². The molecule has 0 aromatic heterocycles. The van der Waals surface area contributed by atoms with Crippen molar-refractivity contribution in [3.05, 3.63) is 24.4 Å². The second kappa shape index (κ2) is 6.24. The molecule has 0 rings (SSSR count). The molecule has 0 fully saturated rings. The van der Waals surface area contributed by atoms with Gasteiger partial charge in [-0.2, -0.15) is 0 Å². The van der Waals surface area contributed by atoms with E-state index in [4.69, 9.17) is 0 Å². The normalized spacial score (nSPS) is 12.2. The average Bonchev–Trinajstić information content (AvgIpc) is 2.14. The largest absolute Gasteiger partial charge is 0.103 e. The summed E-state index contributed by atoms with van der Waals surface area (Å²) in [5.41, 5.74) is 2.51. The highest BCUT2D eigenvalue weighted by Crippen LogP contribution is 2.21. The fourth-order valence-electron chi connectivity index (χ4n) is 1.52. The number of hydrogen-bond donors (Lipinski definition) is 0. The first-order valence-corrected chi connectivity index (χ1v) is 7.73. The first kappa shape index (κ1) is 11.7. The number of rotatable bonds is 6. The molecule has 0 spiro atoms. The molecule has 0 radical (unpaired) electrons. The molecule has 0 aromatic carbocycles. The molecule has 0 nitrogen and oxygen atoms in total. The van der Waals surface area contributed by atoms with Gasteiger partial charge < -0.3 is 0 Å². The molecule has 0 saturated heterocycles. The minimum atomic E-state index is -0.983. The fourth-order valence-corrected chi connectivity index (χ4v) is 4.36. The summed E-state index contributed by atoms with van der Waals surface area (Å²) in [6, 6.07) is 4.15. The third kappa shape index (κ3) is 3.40. The predicted molar refractivity (Wildman–Crippen MR) is 61.2 cm³/mol. The van der Waals surface area contributed by atoms with Crippen molar-refractivity contribution in [1.82, 2.24) is 0 Å². The Morgan fingerprint density at radius 2 is 1.58 bits per heavy atom. The molecule has 0 aliphatic rings. The molecule has 1 heteroatoms. The molecule has 0 bridgehead atoms. The van der Waals surface area contributed by atoms with Crippen molar-refractivity contribution in [2.45, 2.75) is 45.3 Å². The lowest BCUT2D eigenvalue weighted by atomic mass is 10.4. The maximum atomic E-state index is 3.72. The Labute approximate surface area is 78.4 Å². The van der Waals surface area contributed by atoms with Gasteiger partial charge in [0.05, 0.1) is 8.07 Å². The molecule has 0 N–H and O–H groups in total. The van der Waals surface area contributed by atoms with Gasteiger partial charge in [0.2, 0.25) is 0 Å². The zero-order valence-electron chi connectivity index (χ0n) is 8.77. The van der Waals surface area contributed by atoms with Crippen molar-refractivity contribution in [3.63, 3.8) is 0 Å². The van der Waals surface area contributed by atoms with Crippen LogP contribution in [-0.4, -0.2) is 8.07 Å². The van der Waals surface area contributed by atoms with E-state index in [1.54, 1.807) is 0 Å². The Kier molecular flexibility index (Phi) is 6.08. The van der Waals surface area contributed by atoms with Crippen LogP contribution in [0.15, 0.2) is 24.4 Å². The molecule has 70 valence electrons. The molecule has 0 aliphatic heterocycles. The molecular weight excluding hydrogens is 160 g/mol. The SMILES string of the molecule is C=CCC=C[Si](CC)(CC)CC. The van der Waals surface area contributed by atoms with Gasteiger partial charge in [-0.15, -0.1) is 6.58 Å². The maximum Gasteiger partial charge on any atom is 0.0766 e. The monoisotopic (exact) mass is 182 g/mol. The lowest BCUT2D eigenvalue weighted by Crippen LogP contribution is -2.28. The van der Waals surface area contributed by atoms with Crippen LogP contribution in [0.5, 0.6) is 0 Å². The third-order valence-electron chi connectivity index (χ3n) is 2.89. The summed E-state index contributed by atoms with van der Waals surface area (Å²) in [4.78, 5) is 0. The highest BCUT2D eigenvalue weighted by Gasteiger charge is 2.22. The van der Waals surface area contributed by atoms with Crippen LogP contribution in [0, 0.1) is 0 Å². The minimum Gasteiger partial charge on any atom is -0.103 e. The summed E-state index contributed by atoms with van der Waals surface area (Å²) in [7, 11) is -0.983. The molecule has 0 amide bonds. The number of allylic oxidation sites excluding steroid dienone is 2. The van der Waals surface area contributed by atoms with E-state index in [0.717, 1.165) is 6.42 Å². The predicted octanol–water partition coefficient (Wildman–Crippen LogP) is 4.17. The molecule has 0 unspecified atom stereocenters. The van der Waals surface area contributed by atoms with Gasteiger partial charge in [0.15, 0.2) is 0 Å². The van der Waals surface area contributed by atoms with Crippen molar-refractivity contribution >= 4 is 8.07 Å². The van der Waals surface area contributed by atoms with E-state index in [-0.39, 0.29) is 0 Å². The lowest BCUT2D eigenvalue weighted by Gasteiger charge is -2.23. The van der Waals surface area contributed by atoms with Gasteiger partial charge in [-0.25, -0.2) is 0 Å². The Hall–Kier alpha value is -0.303. The smallest absolute Gasteiger partial charge is 0.0766 e. The molecule has 0 aromatic rings. The van der Waals surface area contributed by atoms with Crippen LogP contribution in [0.2, 0.25) is 18.1 Å². The molecule has 0 aliphatic carbocycles. The average molecular weight is 182 g/mol. The Morgan fingerprint density at radius 1 is 1.08 bits per heavy atom. The van der Waals surface area contributed by atoms with Crippen molar-refractivity contribution in [2.75, 3.05) is 0 Å². The van der Waals surface area contributed by atoms with Gasteiger partial charge in [-0.1, -0.05) is 56.8 Å². The minimum absolute atomic E-state index is 0.983. The number of hydrogen-bond acceptors (Lipinski definition) is 0. The van der Waals surface area contributed by atoms with E-state index in [1.807, 2.05) is 6.08 Å². The third-order valence-corrected chi connectivity index (χ3v) is 8.05. The van der Waals surface area contributed by atoms with Crippen LogP contribution in [0.1, 0.15) is 27.2 Å². The summed E-state index contributed by atoms with van der Waals surface area (Å²) in [6.07, 6.45) is 5.31. The molecule has 0 atom stereocenters. The zero-order chi connectivity index (χ0) is 9.45. The first-order chi connectivity index (χ1) is 5.74. The lowest BCUT2D eigenvalue weighted by molar-refractivity contribution is 1.19. The second-order valence-electron chi connectivity index (χ2n) is 3.35. The summed E-state index contributed by atoms with van der Waals surface area (Å²) in [6.45, 7) is 10.7. The quantitative estimate of drug-likeness (QED) is 0.427. The van der Waals surface area contributed by atoms with Gasteiger partial charge in [-0.3, -0.25) is 0 Å². The maximum absolute atomic E-state index is 3.72. The van der Waals surface area contributed by atoms with Crippen LogP contribution in [0.4, 0.5) is 0 Å². The molecule has 0 heterocycles. The summed E-state index contributed by atoms with van der Waals surface area (Å²) < 4.78 is 0. The van der Waals surface area contributed by atoms with E-state index in [9.17, 15) is 0 Å². The summed E-state index contributed by atoms with van der Waals surface area (Å²) in [5, 5.41) is 0. The van der Waals surface area contributed by atoms with E-state index in [2.05, 4.69) is 39.1 Å². The van der Waals surface area contributed by atoms with Crippen LogP contribution in [-0.2, 0) is 0 Å². The van der Waals surface area contributed by atoms with Crippen LogP contribution in [0.25, 0.3) is 0 Å².